The first-order valence-corrected chi connectivity index (χ1v) is 5.82. The van der Waals surface area contributed by atoms with Gasteiger partial charge in [0.05, 0.1) is 0 Å². The highest BCUT2D eigenvalue weighted by molar-refractivity contribution is 4.93. The van der Waals surface area contributed by atoms with Crippen molar-refractivity contribution < 1.29 is 0 Å². The summed E-state index contributed by atoms with van der Waals surface area (Å²) in [5, 5.41) is 0. The van der Waals surface area contributed by atoms with Gasteiger partial charge in [0.25, 0.3) is 0 Å². The predicted octanol–water partition coefficient (Wildman–Crippen LogP) is 2.91. The van der Waals surface area contributed by atoms with Crippen molar-refractivity contribution in [2.75, 3.05) is 13.1 Å². The average Bonchev–Trinajstić information content (AvgIpc) is 2.56. The molecular weight excluding hydrogens is 158 g/mol. The highest BCUT2D eigenvalue weighted by atomic mass is 15.2. The third kappa shape index (κ3) is 1.90. The molecule has 0 aromatic heterocycles. The molecule has 0 aromatic carbocycles. The number of hydrogen-bond donors (Lipinski definition) is 0. The van der Waals surface area contributed by atoms with Gasteiger partial charge in [-0.1, -0.05) is 20.8 Å². The van der Waals surface area contributed by atoms with Crippen molar-refractivity contribution in [2.24, 2.45) is 11.3 Å². The van der Waals surface area contributed by atoms with Gasteiger partial charge in [-0.2, -0.15) is 0 Å². The van der Waals surface area contributed by atoms with Crippen LogP contribution in [0.3, 0.4) is 0 Å². The first kappa shape index (κ1) is 9.51. The Hall–Kier alpha value is -0.0400. The van der Waals surface area contributed by atoms with Crippen LogP contribution in [0.4, 0.5) is 0 Å². The minimum Gasteiger partial charge on any atom is -0.300 e. The fourth-order valence-electron chi connectivity index (χ4n) is 3.42. The van der Waals surface area contributed by atoms with E-state index >= 15 is 0 Å². The lowest BCUT2D eigenvalue weighted by atomic mass is 9.91. The molecule has 1 heterocycles. The third-order valence-electron chi connectivity index (χ3n) is 3.90. The standard InChI is InChI=1S/C12H23N/c1-10-8-12(2,3)9-11(10)13-6-4-5-7-13/h10-11H,4-9H2,1-3H3. The second kappa shape index (κ2) is 3.27. The van der Waals surface area contributed by atoms with Crippen LogP contribution in [0.2, 0.25) is 0 Å². The summed E-state index contributed by atoms with van der Waals surface area (Å²) < 4.78 is 0. The maximum absolute atomic E-state index is 2.74. The zero-order valence-electron chi connectivity index (χ0n) is 9.34. The number of rotatable bonds is 1. The van der Waals surface area contributed by atoms with E-state index in [2.05, 4.69) is 25.7 Å². The summed E-state index contributed by atoms with van der Waals surface area (Å²) in [6.45, 7) is 10.0. The molecule has 0 aromatic rings. The average molecular weight is 181 g/mol. The molecule has 2 unspecified atom stereocenters. The molecule has 1 aliphatic carbocycles. The summed E-state index contributed by atoms with van der Waals surface area (Å²) >= 11 is 0. The maximum atomic E-state index is 2.74. The highest BCUT2D eigenvalue weighted by Gasteiger charge is 2.39. The molecule has 0 radical (unpaired) electrons. The van der Waals surface area contributed by atoms with Crippen LogP contribution in [-0.4, -0.2) is 24.0 Å². The lowest BCUT2D eigenvalue weighted by Crippen LogP contribution is -2.34. The number of nitrogens with zero attached hydrogens (tertiary/aromatic N) is 1. The molecule has 1 saturated carbocycles. The summed E-state index contributed by atoms with van der Waals surface area (Å²) in [5.74, 6) is 0.924. The van der Waals surface area contributed by atoms with Crippen molar-refractivity contribution in [3.05, 3.63) is 0 Å². The van der Waals surface area contributed by atoms with E-state index in [9.17, 15) is 0 Å². The Morgan fingerprint density at radius 1 is 1.08 bits per heavy atom. The lowest BCUT2D eigenvalue weighted by molar-refractivity contribution is 0.200. The monoisotopic (exact) mass is 181 g/mol. The molecule has 0 amide bonds. The second-order valence-corrected chi connectivity index (χ2v) is 5.86. The normalized spacial score (nSPS) is 39.9. The topological polar surface area (TPSA) is 3.24 Å². The molecule has 2 aliphatic rings. The zero-order valence-corrected chi connectivity index (χ0v) is 9.34. The number of hydrogen-bond acceptors (Lipinski definition) is 1. The molecule has 2 rings (SSSR count). The molecule has 2 atom stereocenters. The quantitative estimate of drug-likeness (QED) is 0.601. The third-order valence-corrected chi connectivity index (χ3v) is 3.90. The van der Waals surface area contributed by atoms with E-state index in [4.69, 9.17) is 0 Å². The second-order valence-electron chi connectivity index (χ2n) is 5.86. The molecule has 76 valence electrons. The van der Waals surface area contributed by atoms with Crippen LogP contribution < -0.4 is 0 Å². The molecule has 2 fully saturated rings. The molecule has 0 spiro atoms. The fraction of sp³-hybridized carbons (Fsp3) is 1.00. The van der Waals surface area contributed by atoms with Crippen LogP contribution in [0.25, 0.3) is 0 Å². The van der Waals surface area contributed by atoms with E-state index in [1.807, 2.05) is 0 Å². The first-order valence-electron chi connectivity index (χ1n) is 5.82. The van der Waals surface area contributed by atoms with Crippen molar-refractivity contribution in [1.82, 2.24) is 4.90 Å². The summed E-state index contributed by atoms with van der Waals surface area (Å²) in [6.07, 6.45) is 5.72. The Balaban J connectivity index is 1.99. The van der Waals surface area contributed by atoms with Crippen LogP contribution in [0.15, 0.2) is 0 Å². The Morgan fingerprint density at radius 3 is 2.15 bits per heavy atom. The van der Waals surface area contributed by atoms with Crippen LogP contribution in [-0.2, 0) is 0 Å². The van der Waals surface area contributed by atoms with E-state index in [-0.39, 0.29) is 0 Å². The van der Waals surface area contributed by atoms with Gasteiger partial charge in [-0.15, -0.1) is 0 Å². The minimum absolute atomic E-state index is 0.604. The van der Waals surface area contributed by atoms with Gasteiger partial charge < -0.3 is 4.90 Å². The van der Waals surface area contributed by atoms with E-state index in [0.29, 0.717) is 5.41 Å². The van der Waals surface area contributed by atoms with Gasteiger partial charge in [0.15, 0.2) is 0 Å². The van der Waals surface area contributed by atoms with Gasteiger partial charge in [-0.3, -0.25) is 0 Å². The highest BCUT2D eigenvalue weighted by Crippen LogP contribution is 2.43. The molecule has 13 heavy (non-hydrogen) atoms. The van der Waals surface area contributed by atoms with E-state index in [1.54, 1.807) is 0 Å². The van der Waals surface area contributed by atoms with Crippen molar-refractivity contribution in [3.63, 3.8) is 0 Å². The fourth-order valence-corrected chi connectivity index (χ4v) is 3.42. The van der Waals surface area contributed by atoms with Gasteiger partial charge in [0.1, 0.15) is 0 Å². The summed E-state index contributed by atoms with van der Waals surface area (Å²) in [6, 6.07) is 0.900. The lowest BCUT2D eigenvalue weighted by Gasteiger charge is -2.27. The molecule has 1 nitrogen and oxygen atoms in total. The van der Waals surface area contributed by atoms with Gasteiger partial charge in [-0.05, 0) is 50.1 Å². The first-order chi connectivity index (χ1) is 6.08. The summed E-state index contributed by atoms with van der Waals surface area (Å²) in [4.78, 5) is 2.74. The van der Waals surface area contributed by atoms with Crippen LogP contribution in [0, 0.1) is 11.3 Å². The molecule has 1 aliphatic heterocycles. The Labute approximate surface area is 82.5 Å². The SMILES string of the molecule is CC1CC(C)(C)CC1N1CCCC1. The number of likely N-dealkylation sites (tertiary alicyclic amines) is 1. The van der Waals surface area contributed by atoms with Gasteiger partial charge in [-0.25, -0.2) is 0 Å². The molecule has 1 saturated heterocycles. The minimum atomic E-state index is 0.604. The Bertz CT molecular complexity index is 180. The van der Waals surface area contributed by atoms with Crippen molar-refractivity contribution in [3.8, 4) is 0 Å². The maximum Gasteiger partial charge on any atom is 0.0126 e. The molecular formula is C12H23N. The molecule has 1 heteroatoms. The Morgan fingerprint density at radius 2 is 1.69 bits per heavy atom. The van der Waals surface area contributed by atoms with Crippen molar-refractivity contribution in [2.45, 2.75) is 52.5 Å². The Kier molecular flexibility index (Phi) is 2.39. The van der Waals surface area contributed by atoms with Gasteiger partial charge >= 0.3 is 0 Å². The largest absolute Gasteiger partial charge is 0.300 e. The van der Waals surface area contributed by atoms with Crippen molar-refractivity contribution in [1.29, 1.82) is 0 Å². The van der Waals surface area contributed by atoms with E-state index in [0.717, 1.165) is 12.0 Å². The predicted molar refractivity (Wildman–Crippen MR) is 56.8 cm³/mol. The summed E-state index contributed by atoms with van der Waals surface area (Å²) in [7, 11) is 0. The van der Waals surface area contributed by atoms with E-state index in [1.165, 1.54) is 38.8 Å². The van der Waals surface area contributed by atoms with E-state index < -0.39 is 0 Å². The van der Waals surface area contributed by atoms with Crippen molar-refractivity contribution >= 4 is 0 Å². The van der Waals surface area contributed by atoms with Crippen LogP contribution in [0.5, 0.6) is 0 Å². The van der Waals surface area contributed by atoms with Crippen LogP contribution in [0.1, 0.15) is 46.5 Å². The smallest absolute Gasteiger partial charge is 0.0126 e. The molecule has 0 bridgehead atoms. The summed E-state index contributed by atoms with van der Waals surface area (Å²) in [5.41, 5.74) is 0.604. The molecule has 0 N–H and O–H groups in total. The van der Waals surface area contributed by atoms with Gasteiger partial charge in [0.2, 0.25) is 0 Å². The zero-order chi connectivity index (χ0) is 9.47. The van der Waals surface area contributed by atoms with Crippen LogP contribution >= 0.6 is 0 Å². The van der Waals surface area contributed by atoms with Gasteiger partial charge in [0, 0.05) is 6.04 Å².